The standard InChI is InChI=1S/C15H12FN3O/c1-20-14-8-6-11(9-17-14)18-13-7-5-10-3-2-4-12(16)15(10)19-13/h2-9H,1H3,(H,18,19). The topological polar surface area (TPSA) is 47.0 Å². The third-order valence-corrected chi connectivity index (χ3v) is 2.89. The zero-order valence-electron chi connectivity index (χ0n) is 10.8. The number of anilines is 2. The predicted molar refractivity (Wildman–Crippen MR) is 75.8 cm³/mol. The van der Waals surface area contributed by atoms with E-state index < -0.39 is 0 Å². The Kier molecular flexibility index (Phi) is 3.16. The molecule has 0 amide bonds. The molecule has 0 radical (unpaired) electrons. The van der Waals surface area contributed by atoms with Crippen LogP contribution in [-0.2, 0) is 0 Å². The number of fused-ring (bicyclic) bond motifs is 1. The van der Waals surface area contributed by atoms with Gasteiger partial charge >= 0.3 is 0 Å². The van der Waals surface area contributed by atoms with Crippen LogP contribution in [0.15, 0.2) is 48.7 Å². The van der Waals surface area contributed by atoms with E-state index in [0.29, 0.717) is 17.2 Å². The Morgan fingerprint density at radius 3 is 2.75 bits per heavy atom. The summed E-state index contributed by atoms with van der Waals surface area (Å²) < 4.78 is 18.7. The highest BCUT2D eigenvalue weighted by molar-refractivity contribution is 5.81. The van der Waals surface area contributed by atoms with Crippen LogP contribution >= 0.6 is 0 Å². The van der Waals surface area contributed by atoms with Crippen molar-refractivity contribution in [1.29, 1.82) is 0 Å². The first-order chi connectivity index (χ1) is 9.76. The Hall–Kier alpha value is -2.69. The van der Waals surface area contributed by atoms with Crippen molar-refractivity contribution in [2.75, 3.05) is 12.4 Å². The molecule has 0 aliphatic carbocycles. The van der Waals surface area contributed by atoms with Gasteiger partial charge in [0.1, 0.15) is 17.2 Å². The number of aromatic nitrogens is 2. The molecule has 0 atom stereocenters. The lowest BCUT2D eigenvalue weighted by Crippen LogP contribution is -1.96. The summed E-state index contributed by atoms with van der Waals surface area (Å²) in [5.41, 5.74) is 1.10. The van der Waals surface area contributed by atoms with Crippen molar-refractivity contribution >= 4 is 22.4 Å². The molecule has 0 saturated carbocycles. The number of para-hydroxylation sites is 1. The number of hydrogen-bond acceptors (Lipinski definition) is 4. The van der Waals surface area contributed by atoms with Gasteiger partial charge in [-0.15, -0.1) is 0 Å². The van der Waals surface area contributed by atoms with Crippen molar-refractivity contribution in [3.63, 3.8) is 0 Å². The van der Waals surface area contributed by atoms with E-state index >= 15 is 0 Å². The molecule has 4 nitrogen and oxygen atoms in total. The van der Waals surface area contributed by atoms with E-state index in [1.54, 1.807) is 31.5 Å². The fraction of sp³-hybridized carbons (Fsp3) is 0.0667. The van der Waals surface area contributed by atoms with Crippen molar-refractivity contribution in [2.24, 2.45) is 0 Å². The summed E-state index contributed by atoms with van der Waals surface area (Å²) in [6.45, 7) is 0. The fourth-order valence-corrected chi connectivity index (χ4v) is 1.90. The third kappa shape index (κ3) is 2.38. The molecule has 0 aliphatic heterocycles. The van der Waals surface area contributed by atoms with Gasteiger partial charge in [-0.2, -0.15) is 0 Å². The molecule has 1 N–H and O–H groups in total. The Morgan fingerprint density at radius 1 is 1.10 bits per heavy atom. The largest absolute Gasteiger partial charge is 0.481 e. The smallest absolute Gasteiger partial charge is 0.213 e. The molecule has 0 fully saturated rings. The van der Waals surface area contributed by atoms with Crippen molar-refractivity contribution in [1.82, 2.24) is 9.97 Å². The first-order valence-electron chi connectivity index (χ1n) is 6.08. The van der Waals surface area contributed by atoms with Gasteiger partial charge in [-0.05, 0) is 24.3 Å². The zero-order valence-corrected chi connectivity index (χ0v) is 10.8. The quantitative estimate of drug-likeness (QED) is 0.790. The number of benzene rings is 1. The molecular formula is C15H12FN3O. The summed E-state index contributed by atoms with van der Waals surface area (Å²) in [6.07, 6.45) is 1.63. The summed E-state index contributed by atoms with van der Waals surface area (Å²) in [5, 5.41) is 3.85. The van der Waals surface area contributed by atoms with Gasteiger partial charge in [0.05, 0.1) is 19.0 Å². The highest BCUT2D eigenvalue weighted by atomic mass is 19.1. The maximum absolute atomic E-state index is 13.7. The maximum atomic E-state index is 13.7. The van der Waals surface area contributed by atoms with E-state index in [0.717, 1.165) is 11.1 Å². The van der Waals surface area contributed by atoms with Gasteiger partial charge in [0.2, 0.25) is 5.88 Å². The van der Waals surface area contributed by atoms with E-state index in [2.05, 4.69) is 15.3 Å². The molecule has 3 rings (SSSR count). The molecule has 2 heterocycles. The molecule has 0 saturated heterocycles. The van der Waals surface area contributed by atoms with Crippen LogP contribution in [0.4, 0.5) is 15.9 Å². The number of halogens is 1. The van der Waals surface area contributed by atoms with E-state index in [1.165, 1.54) is 6.07 Å². The van der Waals surface area contributed by atoms with Gasteiger partial charge in [0, 0.05) is 11.5 Å². The first kappa shape index (κ1) is 12.3. The summed E-state index contributed by atoms with van der Waals surface area (Å²) in [5.74, 6) is 0.765. The minimum absolute atomic E-state index is 0.334. The lowest BCUT2D eigenvalue weighted by Gasteiger charge is -2.07. The van der Waals surface area contributed by atoms with E-state index in [1.807, 2.05) is 18.2 Å². The predicted octanol–water partition coefficient (Wildman–Crippen LogP) is 3.52. The molecule has 20 heavy (non-hydrogen) atoms. The number of rotatable bonds is 3. The van der Waals surface area contributed by atoms with Crippen LogP contribution in [0.3, 0.4) is 0 Å². The maximum Gasteiger partial charge on any atom is 0.213 e. The van der Waals surface area contributed by atoms with Gasteiger partial charge in [-0.3, -0.25) is 0 Å². The van der Waals surface area contributed by atoms with Gasteiger partial charge in [0.25, 0.3) is 0 Å². The Balaban J connectivity index is 1.92. The summed E-state index contributed by atoms with van der Waals surface area (Å²) in [6, 6.07) is 12.1. The molecule has 2 aromatic heterocycles. The second-order valence-electron chi connectivity index (χ2n) is 4.22. The zero-order chi connectivity index (χ0) is 13.9. The lowest BCUT2D eigenvalue weighted by atomic mass is 10.2. The lowest BCUT2D eigenvalue weighted by molar-refractivity contribution is 0.398. The van der Waals surface area contributed by atoms with Crippen LogP contribution in [-0.4, -0.2) is 17.1 Å². The molecule has 0 unspecified atom stereocenters. The number of hydrogen-bond donors (Lipinski definition) is 1. The minimum Gasteiger partial charge on any atom is -0.481 e. The highest BCUT2D eigenvalue weighted by Gasteiger charge is 2.04. The molecule has 1 aromatic carbocycles. The van der Waals surface area contributed by atoms with Crippen LogP contribution in [0.5, 0.6) is 5.88 Å². The summed E-state index contributed by atoms with van der Waals surface area (Å²) in [7, 11) is 1.56. The van der Waals surface area contributed by atoms with E-state index in [4.69, 9.17) is 4.74 Å². The first-order valence-corrected chi connectivity index (χ1v) is 6.08. The SMILES string of the molecule is COc1ccc(Nc2ccc3cccc(F)c3n2)cn1. The Morgan fingerprint density at radius 2 is 2.00 bits per heavy atom. The van der Waals surface area contributed by atoms with Crippen LogP contribution in [0.1, 0.15) is 0 Å². The van der Waals surface area contributed by atoms with Crippen molar-refractivity contribution in [3.05, 3.63) is 54.5 Å². The second-order valence-corrected chi connectivity index (χ2v) is 4.22. The molecule has 0 spiro atoms. The van der Waals surface area contributed by atoms with Gasteiger partial charge in [-0.25, -0.2) is 14.4 Å². The fourth-order valence-electron chi connectivity index (χ4n) is 1.90. The van der Waals surface area contributed by atoms with Gasteiger partial charge in [-0.1, -0.05) is 12.1 Å². The van der Waals surface area contributed by atoms with Crippen LogP contribution in [0.25, 0.3) is 10.9 Å². The van der Waals surface area contributed by atoms with E-state index in [-0.39, 0.29) is 5.82 Å². The summed E-state index contributed by atoms with van der Waals surface area (Å²) >= 11 is 0. The third-order valence-electron chi connectivity index (χ3n) is 2.89. The molecule has 0 aliphatic rings. The van der Waals surface area contributed by atoms with Crippen LogP contribution < -0.4 is 10.1 Å². The molecular weight excluding hydrogens is 257 g/mol. The van der Waals surface area contributed by atoms with E-state index in [9.17, 15) is 4.39 Å². The number of ether oxygens (including phenoxy) is 1. The monoisotopic (exact) mass is 269 g/mol. The summed E-state index contributed by atoms with van der Waals surface area (Å²) in [4.78, 5) is 8.35. The van der Waals surface area contributed by atoms with Crippen molar-refractivity contribution in [2.45, 2.75) is 0 Å². The van der Waals surface area contributed by atoms with Crippen LogP contribution in [0, 0.1) is 5.82 Å². The minimum atomic E-state index is -0.334. The highest BCUT2D eigenvalue weighted by Crippen LogP contribution is 2.21. The van der Waals surface area contributed by atoms with Crippen molar-refractivity contribution < 1.29 is 9.13 Å². The van der Waals surface area contributed by atoms with Crippen LogP contribution in [0.2, 0.25) is 0 Å². The van der Waals surface area contributed by atoms with Crippen molar-refractivity contribution in [3.8, 4) is 5.88 Å². The van der Waals surface area contributed by atoms with Gasteiger partial charge < -0.3 is 10.1 Å². The Labute approximate surface area is 115 Å². The number of nitrogens with zero attached hydrogens (tertiary/aromatic N) is 2. The number of methoxy groups -OCH3 is 1. The Bertz CT molecular complexity index is 744. The molecule has 0 bridgehead atoms. The normalized spacial score (nSPS) is 10.5. The molecule has 5 heteroatoms. The second kappa shape index (κ2) is 5.13. The average Bonchev–Trinajstić information content (AvgIpc) is 2.49. The average molecular weight is 269 g/mol. The molecule has 100 valence electrons. The number of nitrogens with one attached hydrogen (secondary N) is 1. The number of pyridine rings is 2. The van der Waals surface area contributed by atoms with Gasteiger partial charge in [0.15, 0.2) is 0 Å². The molecule has 3 aromatic rings.